The zero-order chi connectivity index (χ0) is 9.84. The molecule has 0 aliphatic carbocycles. The Morgan fingerprint density at radius 3 is 2.92 bits per heavy atom. The molecule has 3 nitrogen and oxygen atoms in total. The molecular formula is C8H7ClFNO2. The molecule has 0 fully saturated rings. The molecule has 0 heterocycles. The molecule has 0 radical (unpaired) electrons. The van der Waals surface area contributed by atoms with Gasteiger partial charge in [-0.05, 0) is 18.2 Å². The van der Waals surface area contributed by atoms with Crippen molar-refractivity contribution in [2.75, 3.05) is 0 Å². The smallest absolute Gasteiger partial charge is 0.404 e. The van der Waals surface area contributed by atoms with Crippen molar-refractivity contribution in [3.05, 3.63) is 34.6 Å². The van der Waals surface area contributed by atoms with Gasteiger partial charge in [0.25, 0.3) is 0 Å². The standard InChI is InChI=1S/C8H7ClFNO2/c9-6-1-2-7(10)5(3-6)4-11-8(12)13/h1-3,11H,4H2,(H,12,13). The number of rotatable bonds is 2. The molecule has 1 rings (SSSR count). The van der Waals surface area contributed by atoms with E-state index >= 15 is 0 Å². The van der Waals surface area contributed by atoms with E-state index in [0.29, 0.717) is 5.02 Å². The van der Waals surface area contributed by atoms with Crippen LogP contribution in [0.5, 0.6) is 0 Å². The molecule has 13 heavy (non-hydrogen) atoms. The van der Waals surface area contributed by atoms with Crippen LogP contribution in [0.25, 0.3) is 0 Å². The van der Waals surface area contributed by atoms with Crippen molar-refractivity contribution < 1.29 is 14.3 Å². The average Bonchev–Trinajstić information content (AvgIpc) is 2.06. The third-order valence-electron chi connectivity index (χ3n) is 1.44. The summed E-state index contributed by atoms with van der Waals surface area (Å²) in [4.78, 5) is 10.1. The highest BCUT2D eigenvalue weighted by atomic mass is 35.5. The Labute approximate surface area is 79.1 Å². The van der Waals surface area contributed by atoms with Crippen molar-refractivity contribution >= 4 is 17.7 Å². The Kier molecular flexibility index (Phi) is 3.08. The summed E-state index contributed by atoms with van der Waals surface area (Å²) in [6.07, 6.45) is -1.20. The minimum absolute atomic E-state index is 0.0816. The van der Waals surface area contributed by atoms with Gasteiger partial charge in [-0.2, -0.15) is 0 Å². The Hall–Kier alpha value is -1.29. The second kappa shape index (κ2) is 4.09. The number of hydrogen-bond acceptors (Lipinski definition) is 1. The molecule has 5 heteroatoms. The third kappa shape index (κ3) is 2.91. The first-order chi connectivity index (χ1) is 6.09. The van der Waals surface area contributed by atoms with E-state index in [1.165, 1.54) is 18.2 Å². The second-order valence-electron chi connectivity index (χ2n) is 2.39. The van der Waals surface area contributed by atoms with Crippen molar-refractivity contribution in [2.24, 2.45) is 0 Å². The number of carboxylic acid groups (broad SMARTS) is 1. The normalized spacial score (nSPS) is 9.69. The van der Waals surface area contributed by atoms with Crippen LogP contribution in [0.1, 0.15) is 5.56 Å². The van der Waals surface area contributed by atoms with Gasteiger partial charge in [-0.15, -0.1) is 0 Å². The van der Waals surface area contributed by atoms with E-state index in [0.717, 1.165) is 0 Å². The third-order valence-corrected chi connectivity index (χ3v) is 1.67. The minimum Gasteiger partial charge on any atom is -0.465 e. The summed E-state index contributed by atoms with van der Waals surface area (Å²) >= 11 is 5.59. The molecule has 0 saturated carbocycles. The number of amides is 1. The maximum Gasteiger partial charge on any atom is 0.404 e. The summed E-state index contributed by atoms with van der Waals surface area (Å²) in [5, 5.41) is 10.7. The van der Waals surface area contributed by atoms with E-state index in [9.17, 15) is 9.18 Å². The number of carbonyl (C=O) groups is 1. The zero-order valence-corrected chi connectivity index (χ0v) is 7.31. The predicted octanol–water partition coefficient (Wildman–Crippen LogP) is 2.25. The molecule has 0 unspecified atom stereocenters. The highest BCUT2D eigenvalue weighted by Gasteiger charge is 2.03. The lowest BCUT2D eigenvalue weighted by molar-refractivity contribution is 0.194. The van der Waals surface area contributed by atoms with Crippen LogP contribution in [0.4, 0.5) is 9.18 Å². The molecule has 0 aliphatic heterocycles. The van der Waals surface area contributed by atoms with Crippen LogP contribution >= 0.6 is 11.6 Å². The quantitative estimate of drug-likeness (QED) is 0.775. The summed E-state index contributed by atoms with van der Waals surface area (Å²) in [6.45, 7) is -0.0816. The van der Waals surface area contributed by atoms with Gasteiger partial charge in [0.1, 0.15) is 5.82 Å². The van der Waals surface area contributed by atoms with Crippen LogP contribution in [-0.4, -0.2) is 11.2 Å². The topological polar surface area (TPSA) is 49.3 Å². The van der Waals surface area contributed by atoms with Crippen LogP contribution in [0.3, 0.4) is 0 Å². The van der Waals surface area contributed by atoms with Gasteiger partial charge in [0, 0.05) is 17.1 Å². The van der Waals surface area contributed by atoms with Crippen LogP contribution in [-0.2, 0) is 6.54 Å². The Bertz CT molecular complexity index is 330. The zero-order valence-electron chi connectivity index (χ0n) is 6.55. The Morgan fingerprint density at radius 2 is 2.31 bits per heavy atom. The fraction of sp³-hybridized carbons (Fsp3) is 0.125. The van der Waals surface area contributed by atoms with Crippen molar-refractivity contribution in [1.82, 2.24) is 5.32 Å². The maximum atomic E-state index is 12.9. The monoisotopic (exact) mass is 203 g/mol. The van der Waals surface area contributed by atoms with E-state index < -0.39 is 11.9 Å². The molecule has 0 atom stereocenters. The van der Waals surface area contributed by atoms with Crippen LogP contribution < -0.4 is 5.32 Å². The fourth-order valence-electron chi connectivity index (χ4n) is 0.850. The van der Waals surface area contributed by atoms with Gasteiger partial charge in [0.05, 0.1) is 0 Å². The highest BCUT2D eigenvalue weighted by Crippen LogP contribution is 2.14. The molecule has 1 aromatic rings. The van der Waals surface area contributed by atoms with Gasteiger partial charge < -0.3 is 10.4 Å². The lowest BCUT2D eigenvalue weighted by atomic mass is 10.2. The average molecular weight is 204 g/mol. The highest BCUT2D eigenvalue weighted by molar-refractivity contribution is 6.30. The van der Waals surface area contributed by atoms with Crippen LogP contribution in [0, 0.1) is 5.82 Å². The van der Waals surface area contributed by atoms with E-state index in [2.05, 4.69) is 0 Å². The first kappa shape index (κ1) is 9.80. The Morgan fingerprint density at radius 1 is 1.62 bits per heavy atom. The molecule has 0 saturated heterocycles. The predicted molar refractivity (Wildman–Crippen MR) is 46.3 cm³/mol. The SMILES string of the molecule is O=C(O)NCc1cc(Cl)ccc1F. The lowest BCUT2D eigenvalue weighted by Gasteiger charge is -2.02. The number of benzene rings is 1. The second-order valence-corrected chi connectivity index (χ2v) is 2.83. The van der Waals surface area contributed by atoms with Gasteiger partial charge in [-0.3, -0.25) is 0 Å². The fourth-order valence-corrected chi connectivity index (χ4v) is 1.04. The summed E-state index contributed by atoms with van der Waals surface area (Å²) < 4.78 is 12.9. The first-order valence-electron chi connectivity index (χ1n) is 3.50. The van der Waals surface area contributed by atoms with Crippen LogP contribution in [0.15, 0.2) is 18.2 Å². The largest absolute Gasteiger partial charge is 0.465 e. The van der Waals surface area contributed by atoms with Crippen molar-refractivity contribution in [2.45, 2.75) is 6.54 Å². The summed E-state index contributed by atoms with van der Waals surface area (Å²) in [5.41, 5.74) is 0.231. The molecule has 1 aromatic carbocycles. The van der Waals surface area contributed by atoms with E-state index in [-0.39, 0.29) is 12.1 Å². The number of hydrogen-bond donors (Lipinski definition) is 2. The summed E-state index contributed by atoms with van der Waals surface area (Å²) in [5.74, 6) is -0.474. The Balaban J connectivity index is 2.75. The minimum atomic E-state index is -1.20. The summed E-state index contributed by atoms with van der Waals surface area (Å²) in [6, 6.07) is 3.98. The maximum absolute atomic E-state index is 12.9. The number of halogens is 2. The van der Waals surface area contributed by atoms with Crippen LogP contribution in [0.2, 0.25) is 5.02 Å². The molecule has 1 amide bonds. The first-order valence-corrected chi connectivity index (χ1v) is 3.88. The lowest BCUT2D eigenvalue weighted by Crippen LogP contribution is -2.20. The molecule has 0 aliphatic rings. The molecule has 2 N–H and O–H groups in total. The van der Waals surface area contributed by atoms with E-state index in [1.807, 2.05) is 5.32 Å². The van der Waals surface area contributed by atoms with Crippen molar-refractivity contribution in [3.63, 3.8) is 0 Å². The molecule has 0 bridgehead atoms. The van der Waals surface area contributed by atoms with Gasteiger partial charge in [-0.25, -0.2) is 9.18 Å². The van der Waals surface area contributed by atoms with E-state index in [1.54, 1.807) is 0 Å². The van der Waals surface area contributed by atoms with Gasteiger partial charge in [0.15, 0.2) is 0 Å². The molecule has 70 valence electrons. The van der Waals surface area contributed by atoms with Gasteiger partial charge >= 0.3 is 6.09 Å². The number of nitrogens with one attached hydrogen (secondary N) is 1. The molecule has 0 spiro atoms. The van der Waals surface area contributed by atoms with Gasteiger partial charge in [0.2, 0.25) is 0 Å². The van der Waals surface area contributed by atoms with Crippen molar-refractivity contribution in [1.29, 1.82) is 0 Å². The van der Waals surface area contributed by atoms with Crippen molar-refractivity contribution in [3.8, 4) is 0 Å². The molecule has 0 aromatic heterocycles. The van der Waals surface area contributed by atoms with Gasteiger partial charge in [-0.1, -0.05) is 11.6 Å². The van der Waals surface area contributed by atoms with E-state index in [4.69, 9.17) is 16.7 Å². The summed E-state index contributed by atoms with van der Waals surface area (Å²) in [7, 11) is 0. The molecular weight excluding hydrogens is 197 g/mol.